The first-order chi connectivity index (χ1) is 13.6. The molecule has 3 rings (SSSR count). The van der Waals surface area contributed by atoms with E-state index in [4.69, 9.17) is 21.6 Å². The highest BCUT2D eigenvalue weighted by Gasteiger charge is 2.25. The largest absolute Gasteiger partial charge is 0.383 e. The first-order valence-corrected chi connectivity index (χ1v) is 9.20. The van der Waals surface area contributed by atoms with E-state index in [-0.39, 0.29) is 5.15 Å². The van der Waals surface area contributed by atoms with Crippen molar-refractivity contribution in [3.8, 4) is 12.1 Å². The van der Waals surface area contributed by atoms with Crippen LogP contribution in [0.1, 0.15) is 27.8 Å². The molecule has 0 fully saturated rings. The van der Waals surface area contributed by atoms with E-state index in [0.29, 0.717) is 61.7 Å². The molecule has 1 aromatic heterocycles. The summed E-state index contributed by atoms with van der Waals surface area (Å²) in [6, 6.07) is 8.59. The van der Waals surface area contributed by atoms with Crippen LogP contribution in [0.5, 0.6) is 0 Å². The van der Waals surface area contributed by atoms with Crippen molar-refractivity contribution in [2.24, 2.45) is 0 Å². The third-order valence-electron chi connectivity index (χ3n) is 4.71. The Morgan fingerprint density at radius 3 is 2.82 bits per heavy atom. The smallest absolute Gasteiger partial charge is 0.149 e. The number of nitriles is 2. The van der Waals surface area contributed by atoms with Gasteiger partial charge in [-0.3, -0.25) is 4.90 Å². The Kier molecular flexibility index (Phi) is 6.43. The Morgan fingerprint density at radius 2 is 2.14 bits per heavy atom. The number of hydrogen-bond acceptors (Lipinski definition) is 6. The van der Waals surface area contributed by atoms with Gasteiger partial charge in [0.1, 0.15) is 22.9 Å². The normalized spacial score (nSPS) is 13.5. The summed E-state index contributed by atoms with van der Waals surface area (Å²) in [5.74, 6) is 0.233. The lowest BCUT2D eigenvalue weighted by Crippen LogP contribution is -2.32. The molecule has 0 radical (unpaired) electrons. The minimum Gasteiger partial charge on any atom is -0.383 e. The van der Waals surface area contributed by atoms with E-state index < -0.39 is 5.82 Å². The van der Waals surface area contributed by atoms with Crippen molar-refractivity contribution in [1.29, 1.82) is 10.5 Å². The number of benzene rings is 1. The standard InChI is InChI=1S/C20H19ClFN5O/c1-28-7-5-25-20-17-12-27(6-4-15(17)16(10-24)19(21)26-20)11-14-3-2-13(9-23)8-18(14)22/h2-3,8H,4-7,11-12H2,1H3,(H,25,26). The maximum absolute atomic E-state index is 14.3. The fourth-order valence-electron chi connectivity index (χ4n) is 3.31. The zero-order chi connectivity index (χ0) is 20.1. The van der Waals surface area contributed by atoms with E-state index in [1.54, 1.807) is 19.2 Å². The molecule has 2 heterocycles. The first-order valence-electron chi connectivity index (χ1n) is 8.82. The van der Waals surface area contributed by atoms with Gasteiger partial charge in [-0.05, 0) is 24.1 Å². The fraction of sp³-hybridized carbons (Fsp3) is 0.350. The molecule has 6 nitrogen and oxygen atoms in total. The number of rotatable bonds is 6. The predicted octanol–water partition coefficient (Wildman–Crippen LogP) is 3.23. The van der Waals surface area contributed by atoms with Gasteiger partial charge in [0.15, 0.2) is 0 Å². The molecular formula is C20H19ClFN5O. The summed E-state index contributed by atoms with van der Waals surface area (Å²) in [6.07, 6.45) is 0.622. The van der Waals surface area contributed by atoms with Gasteiger partial charge in [0.05, 0.1) is 23.8 Å². The topological polar surface area (TPSA) is 85.0 Å². The zero-order valence-corrected chi connectivity index (χ0v) is 16.2. The second-order valence-corrected chi connectivity index (χ2v) is 6.85. The van der Waals surface area contributed by atoms with E-state index >= 15 is 0 Å². The minimum atomic E-state index is -0.393. The zero-order valence-electron chi connectivity index (χ0n) is 15.4. The maximum Gasteiger partial charge on any atom is 0.149 e. The van der Waals surface area contributed by atoms with Gasteiger partial charge in [-0.2, -0.15) is 10.5 Å². The van der Waals surface area contributed by atoms with Crippen LogP contribution < -0.4 is 5.32 Å². The Hall–Kier alpha value is -2.71. The van der Waals surface area contributed by atoms with Crippen LogP contribution in [-0.2, 0) is 24.2 Å². The lowest BCUT2D eigenvalue weighted by atomic mass is 9.96. The van der Waals surface area contributed by atoms with Crippen molar-refractivity contribution >= 4 is 17.4 Å². The maximum atomic E-state index is 14.3. The van der Waals surface area contributed by atoms with Gasteiger partial charge in [0.25, 0.3) is 0 Å². The third kappa shape index (κ3) is 4.23. The van der Waals surface area contributed by atoms with Crippen molar-refractivity contribution in [2.45, 2.75) is 19.5 Å². The van der Waals surface area contributed by atoms with Crippen LogP contribution in [-0.4, -0.2) is 36.7 Å². The molecule has 28 heavy (non-hydrogen) atoms. The summed E-state index contributed by atoms with van der Waals surface area (Å²) in [4.78, 5) is 6.44. The number of pyridine rings is 1. The molecule has 0 saturated heterocycles. The molecule has 0 spiro atoms. The second-order valence-electron chi connectivity index (χ2n) is 6.49. The number of fused-ring (bicyclic) bond motifs is 1. The highest BCUT2D eigenvalue weighted by atomic mass is 35.5. The van der Waals surface area contributed by atoms with Crippen LogP contribution in [0.2, 0.25) is 5.15 Å². The Labute approximate surface area is 168 Å². The minimum absolute atomic E-state index is 0.188. The molecule has 144 valence electrons. The van der Waals surface area contributed by atoms with Crippen LogP contribution in [0.15, 0.2) is 18.2 Å². The number of halogens is 2. The number of nitrogens with one attached hydrogen (secondary N) is 1. The van der Waals surface area contributed by atoms with Gasteiger partial charge in [-0.15, -0.1) is 0 Å². The average molecular weight is 400 g/mol. The van der Waals surface area contributed by atoms with Crippen LogP contribution in [0.3, 0.4) is 0 Å². The van der Waals surface area contributed by atoms with Gasteiger partial charge >= 0.3 is 0 Å². The van der Waals surface area contributed by atoms with Crippen LogP contribution >= 0.6 is 11.6 Å². The van der Waals surface area contributed by atoms with Gasteiger partial charge in [0, 0.05) is 44.4 Å². The van der Waals surface area contributed by atoms with Crippen molar-refractivity contribution in [3.63, 3.8) is 0 Å². The number of methoxy groups -OCH3 is 1. The molecule has 0 saturated carbocycles. The molecule has 0 bridgehead atoms. The monoisotopic (exact) mass is 399 g/mol. The first kappa shape index (κ1) is 20.0. The van der Waals surface area contributed by atoms with Crippen LogP contribution in [0.25, 0.3) is 0 Å². The fourth-order valence-corrected chi connectivity index (χ4v) is 3.55. The Balaban J connectivity index is 1.86. The number of nitrogens with zero attached hydrogens (tertiary/aromatic N) is 4. The molecule has 1 aliphatic heterocycles. The number of ether oxygens (including phenoxy) is 1. The average Bonchev–Trinajstić information content (AvgIpc) is 2.70. The lowest BCUT2D eigenvalue weighted by Gasteiger charge is -2.31. The lowest BCUT2D eigenvalue weighted by molar-refractivity contribution is 0.210. The SMILES string of the molecule is COCCNc1nc(Cl)c(C#N)c2c1CN(Cc1ccc(C#N)cc1F)CC2. The molecule has 1 aliphatic rings. The molecule has 0 aliphatic carbocycles. The van der Waals surface area contributed by atoms with Gasteiger partial charge in [-0.1, -0.05) is 17.7 Å². The van der Waals surface area contributed by atoms with Crippen LogP contribution in [0.4, 0.5) is 10.2 Å². The third-order valence-corrected chi connectivity index (χ3v) is 4.99. The van der Waals surface area contributed by atoms with E-state index in [2.05, 4.69) is 21.3 Å². The molecule has 8 heteroatoms. The van der Waals surface area contributed by atoms with Crippen molar-refractivity contribution in [2.75, 3.05) is 32.1 Å². The number of anilines is 1. The summed E-state index contributed by atoms with van der Waals surface area (Å²) < 4.78 is 19.3. The molecular weight excluding hydrogens is 381 g/mol. The molecule has 0 atom stereocenters. The quantitative estimate of drug-likeness (QED) is 0.593. The summed E-state index contributed by atoms with van der Waals surface area (Å²) >= 11 is 6.20. The highest BCUT2D eigenvalue weighted by molar-refractivity contribution is 6.30. The molecule has 0 unspecified atom stereocenters. The second kappa shape index (κ2) is 8.99. The van der Waals surface area contributed by atoms with E-state index in [1.807, 2.05) is 6.07 Å². The molecule has 0 amide bonds. The van der Waals surface area contributed by atoms with E-state index in [9.17, 15) is 9.65 Å². The van der Waals surface area contributed by atoms with Crippen LogP contribution in [0, 0.1) is 28.5 Å². The number of hydrogen-bond donors (Lipinski definition) is 1. The molecule has 1 aromatic carbocycles. The predicted molar refractivity (Wildman–Crippen MR) is 103 cm³/mol. The summed E-state index contributed by atoms with van der Waals surface area (Å²) in [7, 11) is 1.62. The van der Waals surface area contributed by atoms with Gasteiger partial charge in [-0.25, -0.2) is 9.37 Å². The molecule has 1 N–H and O–H groups in total. The van der Waals surface area contributed by atoms with E-state index in [1.165, 1.54) is 6.07 Å². The van der Waals surface area contributed by atoms with Crippen molar-refractivity contribution in [1.82, 2.24) is 9.88 Å². The van der Waals surface area contributed by atoms with Crippen molar-refractivity contribution in [3.05, 3.63) is 57.0 Å². The molecule has 2 aromatic rings. The van der Waals surface area contributed by atoms with Gasteiger partial charge < -0.3 is 10.1 Å². The Morgan fingerprint density at radius 1 is 1.32 bits per heavy atom. The number of aromatic nitrogens is 1. The summed E-state index contributed by atoms with van der Waals surface area (Å²) in [5, 5.41) is 21.7. The van der Waals surface area contributed by atoms with Gasteiger partial charge in [0.2, 0.25) is 0 Å². The Bertz CT molecular complexity index is 967. The van der Waals surface area contributed by atoms with E-state index in [0.717, 1.165) is 11.1 Å². The highest BCUT2D eigenvalue weighted by Crippen LogP contribution is 2.32. The van der Waals surface area contributed by atoms with Crippen molar-refractivity contribution < 1.29 is 9.13 Å². The summed E-state index contributed by atoms with van der Waals surface area (Å²) in [5.41, 5.74) is 3.01. The summed E-state index contributed by atoms with van der Waals surface area (Å²) in [6.45, 7) is 2.65.